The molecule has 0 aliphatic rings. The molecule has 0 fully saturated rings. The van der Waals surface area contributed by atoms with Crippen LogP contribution in [0.1, 0.15) is 11.7 Å². The van der Waals surface area contributed by atoms with Gasteiger partial charge in [0.05, 0.1) is 0 Å². The summed E-state index contributed by atoms with van der Waals surface area (Å²) in [5.41, 5.74) is 4.15. The number of halogens is 4. The molecule has 0 heterocycles. The summed E-state index contributed by atoms with van der Waals surface area (Å²) in [6.07, 6.45) is -7.48. The second-order valence-electron chi connectivity index (χ2n) is 2.72. The lowest BCUT2D eigenvalue weighted by molar-refractivity contribution is -0.206. The van der Waals surface area contributed by atoms with E-state index < -0.39 is 29.3 Å². The summed E-state index contributed by atoms with van der Waals surface area (Å²) < 4.78 is 48.5. The monoisotopic (exact) mass is 209 g/mol. The molecule has 0 amide bonds. The third-order valence-electron chi connectivity index (χ3n) is 1.65. The van der Waals surface area contributed by atoms with Gasteiger partial charge in [0.2, 0.25) is 0 Å². The number of anilines is 1. The van der Waals surface area contributed by atoms with Crippen molar-refractivity contribution in [1.29, 1.82) is 0 Å². The number of aliphatic hydroxyl groups is 1. The fourth-order valence-electron chi connectivity index (χ4n) is 0.971. The van der Waals surface area contributed by atoms with Crippen molar-refractivity contribution in [3.8, 4) is 0 Å². The number of hydrogen-bond donors (Lipinski definition) is 2. The van der Waals surface area contributed by atoms with Crippen LogP contribution in [-0.4, -0.2) is 11.3 Å². The Morgan fingerprint density at radius 3 is 2.29 bits per heavy atom. The SMILES string of the molecule is Nc1cc(F)ccc1[C@H](O)C(F)(F)F. The van der Waals surface area contributed by atoms with Crippen LogP contribution in [0.5, 0.6) is 0 Å². The molecular weight excluding hydrogens is 202 g/mol. The van der Waals surface area contributed by atoms with Gasteiger partial charge in [-0.1, -0.05) is 6.07 Å². The standard InChI is InChI=1S/C8H7F4NO/c9-4-1-2-5(6(13)3-4)7(14)8(10,11)12/h1-3,7,14H,13H2/t7-/m0/s1. The largest absolute Gasteiger partial charge is 0.418 e. The van der Waals surface area contributed by atoms with Crippen LogP contribution < -0.4 is 5.73 Å². The van der Waals surface area contributed by atoms with Gasteiger partial charge in [0.1, 0.15) is 5.82 Å². The molecule has 0 spiro atoms. The molecule has 3 N–H and O–H groups in total. The van der Waals surface area contributed by atoms with E-state index in [1.807, 2.05) is 0 Å². The molecule has 1 aromatic rings. The molecule has 1 atom stereocenters. The minimum absolute atomic E-state index is 0.421. The predicted octanol–water partition coefficient (Wildman–Crippen LogP) is 2.00. The Morgan fingerprint density at radius 1 is 1.29 bits per heavy atom. The number of aliphatic hydroxyl groups excluding tert-OH is 1. The van der Waals surface area contributed by atoms with Gasteiger partial charge in [0.25, 0.3) is 0 Å². The van der Waals surface area contributed by atoms with Crippen molar-refractivity contribution < 1.29 is 22.7 Å². The Balaban J connectivity index is 3.08. The van der Waals surface area contributed by atoms with Gasteiger partial charge < -0.3 is 10.8 Å². The van der Waals surface area contributed by atoms with E-state index in [2.05, 4.69) is 0 Å². The molecule has 0 aromatic heterocycles. The molecule has 1 aromatic carbocycles. The van der Waals surface area contributed by atoms with Gasteiger partial charge in [-0.05, 0) is 12.1 Å². The maximum Gasteiger partial charge on any atom is 0.418 e. The zero-order valence-corrected chi connectivity index (χ0v) is 6.85. The van der Waals surface area contributed by atoms with E-state index in [1.54, 1.807) is 0 Å². The Hall–Kier alpha value is -1.30. The van der Waals surface area contributed by atoms with Crippen molar-refractivity contribution in [2.45, 2.75) is 12.3 Å². The van der Waals surface area contributed by atoms with Crippen LogP contribution in [0.3, 0.4) is 0 Å². The summed E-state index contributed by atoms with van der Waals surface area (Å²) >= 11 is 0. The van der Waals surface area contributed by atoms with E-state index in [-0.39, 0.29) is 0 Å². The maximum atomic E-state index is 12.5. The average molecular weight is 209 g/mol. The molecule has 0 bridgehead atoms. The number of nitrogens with two attached hydrogens (primary N) is 1. The molecule has 6 heteroatoms. The first-order valence-corrected chi connectivity index (χ1v) is 3.62. The number of alkyl halides is 3. The molecule has 0 saturated carbocycles. The summed E-state index contributed by atoms with van der Waals surface area (Å²) in [7, 11) is 0. The molecular formula is C8H7F4NO. The summed E-state index contributed by atoms with van der Waals surface area (Å²) in [5.74, 6) is -0.749. The average Bonchev–Trinajstić information content (AvgIpc) is 2.01. The van der Waals surface area contributed by atoms with Crippen LogP contribution in [0.15, 0.2) is 18.2 Å². The van der Waals surface area contributed by atoms with E-state index in [1.165, 1.54) is 0 Å². The first kappa shape index (κ1) is 10.8. The van der Waals surface area contributed by atoms with E-state index in [4.69, 9.17) is 10.8 Å². The van der Waals surface area contributed by atoms with Crippen molar-refractivity contribution in [2.75, 3.05) is 5.73 Å². The van der Waals surface area contributed by atoms with E-state index in [9.17, 15) is 17.6 Å². The molecule has 78 valence electrons. The number of benzene rings is 1. The maximum absolute atomic E-state index is 12.5. The molecule has 1 rings (SSSR count). The van der Waals surface area contributed by atoms with Crippen molar-refractivity contribution in [3.05, 3.63) is 29.6 Å². The minimum atomic E-state index is -4.80. The van der Waals surface area contributed by atoms with Crippen LogP contribution in [0.2, 0.25) is 0 Å². The third kappa shape index (κ3) is 2.14. The van der Waals surface area contributed by atoms with E-state index >= 15 is 0 Å². The summed E-state index contributed by atoms with van der Waals surface area (Å²) in [6.45, 7) is 0. The lowest BCUT2D eigenvalue weighted by Gasteiger charge is -2.16. The van der Waals surface area contributed by atoms with Crippen LogP contribution >= 0.6 is 0 Å². The van der Waals surface area contributed by atoms with Crippen molar-refractivity contribution in [2.24, 2.45) is 0 Å². The van der Waals surface area contributed by atoms with Crippen LogP contribution in [0.25, 0.3) is 0 Å². The second kappa shape index (κ2) is 3.45. The fourth-order valence-corrected chi connectivity index (χ4v) is 0.971. The van der Waals surface area contributed by atoms with E-state index in [0.717, 1.165) is 18.2 Å². The van der Waals surface area contributed by atoms with Gasteiger partial charge in [0.15, 0.2) is 6.10 Å². The first-order valence-electron chi connectivity index (χ1n) is 3.62. The first-order chi connectivity index (χ1) is 6.32. The number of rotatable bonds is 1. The van der Waals surface area contributed by atoms with Gasteiger partial charge in [0, 0.05) is 11.3 Å². The number of nitrogen functional groups attached to an aromatic ring is 1. The summed E-state index contributed by atoms with van der Waals surface area (Å²) in [5, 5.41) is 8.80. The Kier molecular flexibility index (Phi) is 2.66. The van der Waals surface area contributed by atoms with Crippen molar-refractivity contribution in [3.63, 3.8) is 0 Å². The highest BCUT2D eigenvalue weighted by atomic mass is 19.4. The second-order valence-corrected chi connectivity index (χ2v) is 2.72. The zero-order chi connectivity index (χ0) is 10.9. The highest BCUT2D eigenvalue weighted by Crippen LogP contribution is 2.35. The molecule has 0 unspecified atom stereocenters. The molecule has 2 nitrogen and oxygen atoms in total. The number of hydrogen-bond acceptors (Lipinski definition) is 2. The predicted molar refractivity (Wildman–Crippen MR) is 41.8 cm³/mol. The molecule has 14 heavy (non-hydrogen) atoms. The highest BCUT2D eigenvalue weighted by molar-refractivity contribution is 5.48. The lowest BCUT2D eigenvalue weighted by atomic mass is 10.1. The van der Waals surface area contributed by atoms with Crippen LogP contribution in [-0.2, 0) is 0 Å². The Bertz CT molecular complexity index is 337. The minimum Gasteiger partial charge on any atom is -0.398 e. The fraction of sp³-hybridized carbons (Fsp3) is 0.250. The Labute approximate surface area is 77.0 Å². The zero-order valence-electron chi connectivity index (χ0n) is 6.85. The summed E-state index contributed by atoms with van der Waals surface area (Å²) in [4.78, 5) is 0. The van der Waals surface area contributed by atoms with Gasteiger partial charge >= 0.3 is 6.18 Å². The smallest absolute Gasteiger partial charge is 0.398 e. The van der Waals surface area contributed by atoms with Gasteiger partial charge in [-0.3, -0.25) is 0 Å². The Morgan fingerprint density at radius 2 is 1.86 bits per heavy atom. The normalized spacial score (nSPS) is 14.1. The van der Waals surface area contributed by atoms with Crippen LogP contribution in [0.4, 0.5) is 23.2 Å². The van der Waals surface area contributed by atoms with Gasteiger partial charge in [-0.25, -0.2) is 4.39 Å². The molecule has 0 aliphatic heterocycles. The molecule has 0 aliphatic carbocycles. The molecule has 0 saturated heterocycles. The topological polar surface area (TPSA) is 46.2 Å². The quantitative estimate of drug-likeness (QED) is 0.549. The van der Waals surface area contributed by atoms with Crippen molar-refractivity contribution >= 4 is 5.69 Å². The highest BCUT2D eigenvalue weighted by Gasteiger charge is 2.40. The summed E-state index contributed by atoms with van der Waals surface area (Å²) in [6, 6.07) is 2.34. The third-order valence-corrected chi connectivity index (χ3v) is 1.65. The molecule has 0 radical (unpaired) electrons. The van der Waals surface area contributed by atoms with Crippen LogP contribution in [0, 0.1) is 5.82 Å². The van der Waals surface area contributed by atoms with Crippen molar-refractivity contribution in [1.82, 2.24) is 0 Å². The lowest BCUT2D eigenvalue weighted by Crippen LogP contribution is -2.21. The van der Waals surface area contributed by atoms with Gasteiger partial charge in [-0.2, -0.15) is 13.2 Å². The van der Waals surface area contributed by atoms with Gasteiger partial charge in [-0.15, -0.1) is 0 Å². The van der Waals surface area contributed by atoms with E-state index in [0.29, 0.717) is 0 Å².